The molecule has 0 spiro atoms. The molecular weight excluding hydrogens is 398 g/mol. The zero-order chi connectivity index (χ0) is 20.4. The number of aromatic nitrogens is 2. The summed E-state index contributed by atoms with van der Waals surface area (Å²) in [5, 5.41) is 3.14. The Morgan fingerprint density at radius 3 is 2.82 bits per heavy atom. The fourth-order valence-electron chi connectivity index (χ4n) is 2.17. The van der Waals surface area contributed by atoms with E-state index in [4.69, 9.17) is 4.74 Å². The molecular formula is C19H23N3O4S2. The van der Waals surface area contributed by atoms with Gasteiger partial charge in [0.2, 0.25) is 5.91 Å². The van der Waals surface area contributed by atoms with E-state index in [0.29, 0.717) is 34.5 Å². The van der Waals surface area contributed by atoms with Gasteiger partial charge in [-0.1, -0.05) is 31.7 Å². The molecule has 0 aliphatic rings. The number of carbonyl (C=O) groups is 2. The molecule has 7 nitrogen and oxygen atoms in total. The first-order chi connectivity index (χ1) is 13.5. The molecule has 0 unspecified atom stereocenters. The van der Waals surface area contributed by atoms with Crippen LogP contribution < -0.4 is 10.9 Å². The van der Waals surface area contributed by atoms with Gasteiger partial charge in [0.25, 0.3) is 5.56 Å². The molecule has 1 heterocycles. The molecule has 1 amide bonds. The molecule has 0 saturated carbocycles. The third-order valence-electron chi connectivity index (χ3n) is 3.39. The standard InChI is InChI=1S/C19H23N3O4S2/c1-3-8-26-18(25)13-6-5-7-14(9-13)20-17(24)12-28-19-21-15(11-27-4-2)10-16(23)22-19/h5-7,9-10H,3-4,8,11-12H2,1-2H3,(H,20,24)(H,21,22,23). The van der Waals surface area contributed by atoms with Gasteiger partial charge < -0.3 is 15.0 Å². The topological polar surface area (TPSA) is 101 Å². The molecule has 0 bridgehead atoms. The summed E-state index contributed by atoms with van der Waals surface area (Å²) in [5.74, 6) is 0.986. The normalized spacial score (nSPS) is 10.5. The van der Waals surface area contributed by atoms with E-state index < -0.39 is 5.97 Å². The fourth-order valence-corrected chi connectivity index (χ4v) is 3.42. The third kappa shape index (κ3) is 7.40. The van der Waals surface area contributed by atoms with Crippen molar-refractivity contribution in [3.63, 3.8) is 0 Å². The molecule has 0 fully saturated rings. The average molecular weight is 422 g/mol. The van der Waals surface area contributed by atoms with Crippen molar-refractivity contribution in [2.45, 2.75) is 31.2 Å². The Labute approximate surface area is 172 Å². The Morgan fingerprint density at radius 1 is 1.25 bits per heavy atom. The van der Waals surface area contributed by atoms with Gasteiger partial charge >= 0.3 is 5.97 Å². The third-order valence-corrected chi connectivity index (χ3v) is 5.17. The number of H-pyrrole nitrogens is 1. The minimum Gasteiger partial charge on any atom is -0.462 e. The molecule has 2 aromatic rings. The zero-order valence-corrected chi connectivity index (χ0v) is 17.5. The lowest BCUT2D eigenvalue weighted by molar-refractivity contribution is -0.113. The van der Waals surface area contributed by atoms with Gasteiger partial charge in [0, 0.05) is 17.5 Å². The highest BCUT2D eigenvalue weighted by atomic mass is 32.2. The summed E-state index contributed by atoms with van der Waals surface area (Å²) in [4.78, 5) is 42.8. The van der Waals surface area contributed by atoms with E-state index in [9.17, 15) is 14.4 Å². The predicted molar refractivity (Wildman–Crippen MR) is 113 cm³/mol. The molecule has 2 N–H and O–H groups in total. The van der Waals surface area contributed by atoms with Gasteiger partial charge in [-0.2, -0.15) is 11.8 Å². The van der Waals surface area contributed by atoms with Crippen LogP contribution in [0.5, 0.6) is 0 Å². The summed E-state index contributed by atoms with van der Waals surface area (Å²) in [6.07, 6.45) is 0.744. The molecule has 0 atom stereocenters. The number of rotatable bonds is 10. The van der Waals surface area contributed by atoms with Crippen LogP contribution in [0.3, 0.4) is 0 Å². The summed E-state index contributed by atoms with van der Waals surface area (Å²) in [5.41, 5.74) is 1.34. The summed E-state index contributed by atoms with van der Waals surface area (Å²) in [6, 6.07) is 8.05. The first-order valence-electron chi connectivity index (χ1n) is 8.89. The van der Waals surface area contributed by atoms with E-state index in [1.807, 2.05) is 13.8 Å². The molecule has 9 heteroatoms. The van der Waals surface area contributed by atoms with Gasteiger partial charge in [-0.3, -0.25) is 9.59 Å². The van der Waals surface area contributed by atoms with Crippen molar-refractivity contribution in [1.29, 1.82) is 0 Å². The molecule has 1 aromatic heterocycles. The van der Waals surface area contributed by atoms with Gasteiger partial charge in [0.05, 0.1) is 23.6 Å². The number of thioether (sulfide) groups is 2. The fraction of sp³-hybridized carbons (Fsp3) is 0.368. The average Bonchev–Trinajstić information content (AvgIpc) is 2.68. The van der Waals surface area contributed by atoms with Crippen molar-refractivity contribution in [2.24, 2.45) is 0 Å². The van der Waals surface area contributed by atoms with E-state index in [0.717, 1.165) is 23.9 Å². The number of hydrogen-bond donors (Lipinski definition) is 2. The Bertz CT molecular complexity index is 870. The molecule has 0 aliphatic heterocycles. The predicted octanol–water partition coefficient (Wildman–Crippen LogP) is 3.32. The van der Waals surface area contributed by atoms with Crippen molar-refractivity contribution in [1.82, 2.24) is 9.97 Å². The van der Waals surface area contributed by atoms with Crippen LogP contribution in [0.15, 0.2) is 40.3 Å². The lowest BCUT2D eigenvalue weighted by Gasteiger charge is -2.08. The number of nitrogens with zero attached hydrogens (tertiary/aromatic N) is 1. The largest absolute Gasteiger partial charge is 0.462 e. The molecule has 1 aromatic carbocycles. The van der Waals surface area contributed by atoms with E-state index in [1.54, 1.807) is 36.0 Å². The molecule has 28 heavy (non-hydrogen) atoms. The van der Waals surface area contributed by atoms with Crippen LogP contribution in [0.2, 0.25) is 0 Å². The lowest BCUT2D eigenvalue weighted by atomic mass is 10.2. The SMILES string of the molecule is CCCOC(=O)c1cccc(NC(=O)CSc2nc(CSCC)cc(=O)[nH]2)c1. The van der Waals surface area contributed by atoms with Crippen molar-refractivity contribution in [3.05, 3.63) is 51.9 Å². The number of ether oxygens (including phenoxy) is 1. The van der Waals surface area contributed by atoms with Crippen LogP contribution >= 0.6 is 23.5 Å². The highest BCUT2D eigenvalue weighted by Gasteiger charge is 2.10. The van der Waals surface area contributed by atoms with Crippen molar-refractivity contribution in [3.8, 4) is 0 Å². The van der Waals surface area contributed by atoms with E-state index in [2.05, 4.69) is 15.3 Å². The van der Waals surface area contributed by atoms with E-state index >= 15 is 0 Å². The molecule has 0 radical (unpaired) electrons. The number of nitrogens with one attached hydrogen (secondary N) is 2. The quantitative estimate of drug-likeness (QED) is 0.345. The summed E-state index contributed by atoms with van der Waals surface area (Å²) >= 11 is 2.82. The highest BCUT2D eigenvalue weighted by Crippen LogP contribution is 2.16. The highest BCUT2D eigenvalue weighted by molar-refractivity contribution is 7.99. The number of aromatic amines is 1. The van der Waals surface area contributed by atoms with Gasteiger partial charge in [-0.25, -0.2) is 9.78 Å². The van der Waals surface area contributed by atoms with Crippen LogP contribution in [-0.4, -0.2) is 40.0 Å². The number of carbonyl (C=O) groups excluding carboxylic acids is 2. The molecule has 2 rings (SSSR count). The van der Waals surface area contributed by atoms with Gasteiger partial charge in [-0.05, 0) is 30.4 Å². The number of benzene rings is 1. The van der Waals surface area contributed by atoms with Crippen LogP contribution in [0.1, 0.15) is 36.3 Å². The van der Waals surface area contributed by atoms with Gasteiger partial charge in [-0.15, -0.1) is 0 Å². The Hall–Kier alpha value is -2.26. The van der Waals surface area contributed by atoms with E-state index in [-0.39, 0.29) is 17.2 Å². The Kier molecular flexibility index (Phi) is 9.09. The second-order valence-electron chi connectivity index (χ2n) is 5.73. The smallest absolute Gasteiger partial charge is 0.338 e. The summed E-state index contributed by atoms with van der Waals surface area (Å²) < 4.78 is 5.09. The van der Waals surface area contributed by atoms with Crippen molar-refractivity contribution >= 4 is 41.1 Å². The summed E-state index contributed by atoms with van der Waals surface area (Å²) in [7, 11) is 0. The van der Waals surface area contributed by atoms with E-state index in [1.165, 1.54) is 6.07 Å². The van der Waals surface area contributed by atoms with Crippen molar-refractivity contribution in [2.75, 3.05) is 23.4 Å². The Morgan fingerprint density at radius 2 is 2.07 bits per heavy atom. The van der Waals surface area contributed by atoms with Crippen LogP contribution in [0.25, 0.3) is 0 Å². The minimum atomic E-state index is -0.420. The van der Waals surface area contributed by atoms with Crippen LogP contribution in [0.4, 0.5) is 5.69 Å². The molecule has 0 aliphatic carbocycles. The minimum absolute atomic E-state index is 0.0812. The van der Waals surface area contributed by atoms with Gasteiger partial charge in [0.15, 0.2) is 5.16 Å². The first-order valence-corrected chi connectivity index (χ1v) is 11.0. The number of esters is 1. The molecule has 150 valence electrons. The zero-order valence-electron chi connectivity index (χ0n) is 15.8. The monoisotopic (exact) mass is 421 g/mol. The first kappa shape index (κ1) is 22.0. The summed E-state index contributed by atoms with van der Waals surface area (Å²) in [6.45, 7) is 4.31. The second-order valence-corrected chi connectivity index (χ2v) is 7.97. The number of anilines is 1. The van der Waals surface area contributed by atoms with Crippen LogP contribution in [-0.2, 0) is 15.3 Å². The number of hydrogen-bond acceptors (Lipinski definition) is 7. The maximum Gasteiger partial charge on any atom is 0.338 e. The van der Waals surface area contributed by atoms with Crippen molar-refractivity contribution < 1.29 is 14.3 Å². The maximum atomic E-state index is 12.2. The molecule has 0 saturated heterocycles. The Balaban J connectivity index is 1.93. The lowest BCUT2D eigenvalue weighted by Crippen LogP contribution is -2.16. The van der Waals surface area contributed by atoms with Crippen LogP contribution in [0, 0.1) is 0 Å². The second kappa shape index (κ2) is 11.6. The maximum absolute atomic E-state index is 12.2. The van der Waals surface area contributed by atoms with Gasteiger partial charge in [0.1, 0.15) is 0 Å². The number of amides is 1.